The van der Waals surface area contributed by atoms with Crippen LogP contribution in [-0.2, 0) is 16.1 Å². The molecule has 0 spiro atoms. The van der Waals surface area contributed by atoms with Crippen LogP contribution >= 0.6 is 39.1 Å². The van der Waals surface area contributed by atoms with E-state index in [0.717, 1.165) is 10.0 Å². The molecule has 0 aliphatic carbocycles. The van der Waals surface area contributed by atoms with Gasteiger partial charge in [-0.15, -0.1) is 0 Å². The maximum atomic E-state index is 13.3. The number of rotatable bonds is 8. The van der Waals surface area contributed by atoms with Crippen molar-refractivity contribution in [3.05, 3.63) is 62.0 Å². The van der Waals surface area contributed by atoms with E-state index in [4.69, 9.17) is 27.9 Å². The minimum Gasteiger partial charge on any atom is -0.483 e. The predicted octanol–water partition coefficient (Wildman–Crippen LogP) is 6.59. The molecule has 2 aromatic rings. The number of nitrogens with one attached hydrogen (secondary N) is 1. The third kappa shape index (κ3) is 7.90. The Kier molecular flexibility index (Phi) is 9.65. The van der Waals surface area contributed by atoms with E-state index in [2.05, 4.69) is 35.1 Å². The van der Waals surface area contributed by atoms with E-state index < -0.39 is 11.6 Å². The van der Waals surface area contributed by atoms with E-state index in [1.807, 2.05) is 39.0 Å². The van der Waals surface area contributed by atoms with Crippen molar-refractivity contribution >= 4 is 50.9 Å². The molecule has 0 aliphatic heterocycles. The molecule has 0 aromatic heterocycles. The fourth-order valence-corrected chi connectivity index (χ4v) is 4.15. The van der Waals surface area contributed by atoms with Gasteiger partial charge in [0.05, 0.1) is 4.47 Å². The molecule has 1 atom stereocenters. The first-order valence-corrected chi connectivity index (χ1v) is 12.3. The van der Waals surface area contributed by atoms with Crippen LogP contribution in [0.25, 0.3) is 0 Å². The van der Waals surface area contributed by atoms with Gasteiger partial charge < -0.3 is 15.0 Å². The molecule has 33 heavy (non-hydrogen) atoms. The Morgan fingerprint density at radius 1 is 1.09 bits per heavy atom. The van der Waals surface area contributed by atoms with Crippen LogP contribution < -0.4 is 10.1 Å². The minimum absolute atomic E-state index is 0.0763. The highest BCUT2D eigenvalue weighted by atomic mass is 79.9. The fourth-order valence-electron chi connectivity index (χ4n) is 3.13. The standard InChI is InChI=1S/C25H31BrCl2N2O3/c1-15(2)17-10-11-22(19(26)12-17)33-14-23(31)30(16(3)24(32)29-25(4,5)6)13-18-20(27)8-7-9-21(18)28/h7-12,15-16H,13-14H2,1-6H3,(H,29,32)/t16-/m1/s1. The molecule has 2 rings (SSSR count). The molecule has 0 aliphatic rings. The molecular formula is C25H31BrCl2N2O3. The van der Waals surface area contributed by atoms with E-state index >= 15 is 0 Å². The highest BCUT2D eigenvalue weighted by molar-refractivity contribution is 9.10. The molecule has 0 saturated carbocycles. The number of hydrogen-bond donors (Lipinski definition) is 1. The van der Waals surface area contributed by atoms with Gasteiger partial charge in [-0.1, -0.05) is 49.2 Å². The molecule has 2 aromatic carbocycles. The largest absolute Gasteiger partial charge is 0.483 e. The van der Waals surface area contributed by atoms with Gasteiger partial charge in [-0.05, 0) is 79.4 Å². The maximum absolute atomic E-state index is 13.3. The molecule has 0 bridgehead atoms. The SMILES string of the molecule is CC(C)c1ccc(OCC(=O)N(Cc2c(Cl)cccc2Cl)[C@H](C)C(=O)NC(C)(C)C)c(Br)c1. The summed E-state index contributed by atoms with van der Waals surface area (Å²) in [5.41, 5.74) is 1.29. The smallest absolute Gasteiger partial charge is 0.261 e. The van der Waals surface area contributed by atoms with Gasteiger partial charge in [-0.25, -0.2) is 0 Å². The van der Waals surface area contributed by atoms with Crippen molar-refractivity contribution in [1.29, 1.82) is 0 Å². The van der Waals surface area contributed by atoms with Crippen molar-refractivity contribution in [1.82, 2.24) is 10.2 Å². The monoisotopic (exact) mass is 556 g/mol. The third-order valence-corrected chi connectivity index (χ3v) is 6.36. The normalized spacial score (nSPS) is 12.4. The lowest BCUT2D eigenvalue weighted by Gasteiger charge is -2.31. The summed E-state index contributed by atoms with van der Waals surface area (Å²) in [5.74, 6) is 0.286. The van der Waals surface area contributed by atoms with Crippen molar-refractivity contribution in [2.45, 2.75) is 65.6 Å². The number of hydrogen-bond acceptors (Lipinski definition) is 3. The maximum Gasteiger partial charge on any atom is 0.261 e. The Balaban J connectivity index is 2.26. The highest BCUT2D eigenvalue weighted by Gasteiger charge is 2.29. The van der Waals surface area contributed by atoms with Crippen LogP contribution in [-0.4, -0.2) is 34.9 Å². The topological polar surface area (TPSA) is 58.6 Å². The molecule has 0 radical (unpaired) electrons. The van der Waals surface area contributed by atoms with Crippen LogP contribution in [0.5, 0.6) is 5.75 Å². The van der Waals surface area contributed by atoms with Gasteiger partial charge in [0.2, 0.25) is 5.91 Å². The number of amides is 2. The second-order valence-electron chi connectivity index (χ2n) is 9.27. The zero-order chi connectivity index (χ0) is 24.9. The van der Waals surface area contributed by atoms with Gasteiger partial charge in [0.25, 0.3) is 5.91 Å². The van der Waals surface area contributed by atoms with Gasteiger partial charge >= 0.3 is 0 Å². The summed E-state index contributed by atoms with van der Waals surface area (Å²) in [7, 11) is 0. The molecule has 0 unspecified atom stereocenters. The zero-order valence-corrected chi connectivity index (χ0v) is 22.9. The lowest BCUT2D eigenvalue weighted by Crippen LogP contribution is -2.53. The molecule has 8 heteroatoms. The summed E-state index contributed by atoms with van der Waals surface area (Å²) in [4.78, 5) is 27.6. The number of carbonyl (C=O) groups is 2. The van der Waals surface area contributed by atoms with Crippen molar-refractivity contribution in [2.75, 3.05) is 6.61 Å². The number of ether oxygens (including phenoxy) is 1. The Labute approximate surface area is 214 Å². The quantitative estimate of drug-likeness (QED) is 0.398. The van der Waals surface area contributed by atoms with Gasteiger partial charge in [-0.2, -0.15) is 0 Å². The summed E-state index contributed by atoms with van der Waals surface area (Å²) in [6, 6.07) is 10.2. The summed E-state index contributed by atoms with van der Waals surface area (Å²) in [5, 5.41) is 3.78. The summed E-state index contributed by atoms with van der Waals surface area (Å²) in [6.07, 6.45) is 0. The van der Waals surface area contributed by atoms with Gasteiger partial charge in [0.15, 0.2) is 6.61 Å². The molecule has 180 valence electrons. The van der Waals surface area contributed by atoms with Gasteiger partial charge in [0, 0.05) is 27.7 Å². The third-order valence-electron chi connectivity index (χ3n) is 5.03. The second kappa shape index (κ2) is 11.6. The number of halogens is 3. The molecule has 2 amide bonds. The Morgan fingerprint density at radius 3 is 2.21 bits per heavy atom. The Hall–Kier alpha value is -1.76. The minimum atomic E-state index is -0.764. The van der Waals surface area contributed by atoms with Gasteiger partial charge in [0.1, 0.15) is 11.8 Å². The highest BCUT2D eigenvalue weighted by Crippen LogP contribution is 2.30. The van der Waals surface area contributed by atoms with E-state index in [0.29, 0.717) is 27.3 Å². The van der Waals surface area contributed by atoms with Crippen molar-refractivity contribution < 1.29 is 14.3 Å². The first-order valence-electron chi connectivity index (χ1n) is 10.8. The van der Waals surface area contributed by atoms with E-state index in [1.165, 1.54) is 4.90 Å². The summed E-state index contributed by atoms with van der Waals surface area (Å²) in [6.45, 7) is 11.4. The second-order valence-corrected chi connectivity index (χ2v) is 10.9. The number of nitrogens with zero attached hydrogens (tertiary/aromatic N) is 1. The molecule has 1 N–H and O–H groups in total. The Morgan fingerprint density at radius 2 is 1.70 bits per heavy atom. The molecule has 0 saturated heterocycles. The molecule has 5 nitrogen and oxygen atoms in total. The first kappa shape index (κ1) is 27.5. The Bertz CT molecular complexity index is 985. The fraction of sp³-hybridized carbons (Fsp3) is 0.440. The summed E-state index contributed by atoms with van der Waals surface area (Å²) >= 11 is 16.2. The lowest BCUT2D eigenvalue weighted by molar-refractivity contribution is -0.142. The summed E-state index contributed by atoms with van der Waals surface area (Å²) < 4.78 is 6.57. The average molecular weight is 558 g/mol. The van der Waals surface area contributed by atoms with Crippen LogP contribution in [0.3, 0.4) is 0 Å². The van der Waals surface area contributed by atoms with E-state index in [1.54, 1.807) is 25.1 Å². The van der Waals surface area contributed by atoms with Crippen molar-refractivity contribution in [3.8, 4) is 5.75 Å². The van der Waals surface area contributed by atoms with Crippen molar-refractivity contribution in [3.63, 3.8) is 0 Å². The number of benzene rings is 2. The van der Waals surface area contributed by atoms with Gasteiger partial charge in [-0.3, -0.25) is 9.59 Å². The van der Waals surface area contributed by atoms with Crippen LogP contribution in [0.15, 0.2) is 40.9 Å². The molecule has 0 fully saturated rings. The van der Waals surface area contributed by atoms with E-state index in [-0.39, 0.29) is 25.0 Å². The molecule has 0 heterocycles. The van der Waals surface area contributed by atoms with Crippen LogP contribution in [0.1, 0.15) is 58.6 Å². The van der Waals surface area contributed by atoms with Crippen molar-refractivity contribution in [2.24, 2.45) is 0 Å². The van der Waals surface area contributed by atoms with Crippen LogP contribution in [0.4, 0.5) is 0 Å². The first-order chi connectivity index (χ1) is 15.3. The number of carbonyl (C=O) groups excluding carboxylic acids is 2. The van der Waals surface area contributed by atoms with E-state index in [9.17, 15) is 9.59 Å². The zero-order valence-electron chi connectivity index (χ0n) is 19.8. The average Bonchev–Trinajstić information content (AvgIpc) is 2.70. The lowest BCUT2D eigenvalue weighted by atomic mass is 10.0. The molecular weight excluding hydrogens is 527 g/mol. The van der Waals surface area contributed by atoms with Crippen LogP contribution in [0.2, 0.25) is 10.0 Å². The predicted molar refractivity (Wildman–Crippen MR) is 138 cm³/mol. The van der Waals surface area contributed by atoms with Crippen LogP contribution in [0, 0.1) is 0 Å².